The molecular formula is C19H34O12P2-2. The van der Waals surface area contributed by atoms with Crippen LogP contribution in [0.3, 0.4) is 0 Å². The van der Waals surface area contributed by atoms with E-state index in [1.54, 1.807) is 7.11 Å². The van der Waals surface area contributed by atoms with Crippen molar-refractivity contribution in [2.45, 2.75) is 68.1 Å². The maximum atomic E-state index is 11.3. The molecule has 12 nitrogen and oxygen atoms in total. The first-order valence-corrected chi connectivity index (χ1v) is 14.7. The van der Waals surface area contributed by atoms with Crippen LogP contribution in [0, 0.1) is 0 Å². The molecule has 4 aliphatic heterocycles. The molecule has 194 valence electrons. The van der Waals surface area contributed by atoms with Crippen molar-refractivity contribution in [2.24, 2.45) is 0 Å². The van der Waals surface area contributed by atoms with Crippen LogP contribution >= 0.6 is 15.2 Å². The van der Waals surface area contributed by atoms with Gasteiger partial charge in [0.25, 0.3) is 0 Å². The summed E-state index contributed by atoms with van der Waals surface area (Å²) in [4.78, 5) is 22.5. The fraction of sp³-hybridized carbons (Fsp3) is 1.00. The minimum Gasteiger partial charge on any atom is -0.779 e. The van der Waals surface area contributed by atoms with E-state index in [1.807, 2.05) is 13.8 Å². The van der Waals surface area contributed by atoms with Crippen LogP contribution in [0.25, 0.3) is 0 Å². The lowest BCUT2D eigenvalue weighted by Gasteiger charge is -2.40. The molecule has 0 amide bonds. The van der Waals surface area contributed by atoms with E-state index in [1.165, 1.54) is 7.11 Å². The van der Waals surface area contributed by atoms with E-state index >= 15 is 0 Å². The van der Waals surface area contributed by atoms with E-state index in [4.69, 9.17) is 37.5 Å². The fourth-order valence-electron chi connectivity index (χ4n) is 5.03. The fourth-order valence-corrected chi connectivity index (χ4v) is 6.48. The molecule has 10 atom stereocenters. The monoisotopic (exact) mass is 516 g/mol. The average Bonchev–Trinajstić information content (AvgIpc) is 3.14. The molecule has 0 aliphatic carbocycles. The molecule has 4 heterocycles. The second-order valence-electron chi connectivity index (χ2n) is 9.10. The van der Waals surface area contributed by atoms with Gasteiger partial charge in [-0.15, -0.1) is 0 Å². The van der Waals surface area contributed by atoms with Crippen molar-refractivity contribution >= 4 is 15.2 Å². The summed E-state index contributed by atoms with van der Waals surface area (Å²) >= 11 is 0. The normalized spacial score (nSPS) is 45.2. The van der Waals surface area contributed by atoms with E-state index < -0.39 is 38.6 Å². The molecule has 4 rings (SSSR count). The van der Waals surface area contributed by atoms with Gasteiger partial charge in [0.05, 0.1) is 38.6 Å². The highest BCUT2D eigenvalue weighted by molar-refractivity contribution is 7.50. The van der Waals surface area contributed by atoms with Crippen LogP contribution < -0.4 is 9.79 Å². The molecule has 0 aromatic rings. The maximum Gasteiger partial charge on any atom is 0.144 e. The largest absolute Gasteiger partial charge is 0.779 e. The zero-order valence-electron chi connectivity index (χ0n) is 19.8. The zero-order chi connectivity index (χ0) is 24.7. The van der Waals surface area contributed by atoms with Crippen molar-refractivity contribution in [3.05, 3.63) is 0 Å². The molecule has 0 N–H and O–H groups in total. The van der Waals surface area contributed by atoms with Gasteiger partial charge in [0.1, 0.15) is 50.8 Å². The molecule has 0 saturated carbocycles. The summed E-state index contributed by atoms with van der Waals surface area (Å²) in [5, 5.41) is 0. The molecule has 14 heteroatoms. The van der Waals surface area contributed by atoms with Crippen LogP contribution in [-0.2, 0) is 46.6 Å². The first-order chi connectivity index (χ1) is 15.3. The molecule has 0 radical (unpaired) electrons. The maximum absolute atomic E-state index is 11.3. The van der Waals surface area contributed by atoms with Crippen LogP contribution in [0.5, 0.6) is 0 Å². The molecule has 33 heavy (non-hydrogen) atoms. The van der Waals surface area contributed by atoms with Gasteiger partial charge < -0.3 is 56.4 Å². The predicted octanol–water partition coefficient (Wildman–Crippen LogP) is -0.0949. The Hall–Kier alpha value is 0.0600. The van der Waals surface area contributed by atoms with Crippen LogP contribution in [0.2, 0.25) is 0 Å². The molecule has 4 bridgehead atoms. The van der Waals surface area contributed by atoms with Gasteiger partial charge in [0.2, 0.25) is 0 Å². The lowest BCUT2D eigenvalue weighted by atomic mass is 9.90. The van der Waals surface area contributed by atoms with Gasteiger partial charge in [-0.05, 0) is 13.8 Å². The Kier molecular flexibility index (Phi) is 8.55. The molecule has 0 aromatic carbocycles. The van der Waals surface area contributed by atoms with Crippen molar-refractivity contribution in [2.75, 3.05) is 54.0 Å². The molecular weight excluding hydrogens is 482 g/mol. The van der Waals surface area contributed by atoms with Crippen LogP contribution in [-0.4, -0.2) is 102 Å². The second kappa shape index (κ2) is 10.2. The quantitative estimate of drug-likeness (QED) is 0.396. The van der Waals surface area contributed by atoms with Crippen molar-refractivity contribution in [3.63, 3.8) is 0 Å². The van der Waals surface area contributed by atoms with Crippen molar-refractivity contribution in [1.29, 1.82) is 0 Å². The lowest BCUT2D eigenvalue weighted by Crippen LogP contribution is -2.53. The van der Waals surface area contributed by atoms with Gasteiger partial charge in [-0.1, -0.05) is 0 Å². The van der Waals surface area contributed by atoms with Gasteiger partial charge in [0, 0.05) is 34.0 Å². The van der Waals surface area contributed by atoms with E-state index in [2.05, 4.69) is 0 Å². The Morgan fingerprint density at radius 3 is 1.79 bits per heavy atom. The zero-order valence-corrected chi connectivity index (χ0v) is 21.6. The number of fused-ring (bicyclic) bond motifs is 4. The van der Waals surface area contributed by atoms with Gasteiger partial charge in [-0.3, -0.25) is 0 Å². The summed E-state index contributed by atoms with van der Waals surface area (Å²) in [6.45, 7) is 7.21. The second-order valence-corrected chi connectivity index (χ2v) is 12.6. The van der Waals surface area contributed by atoms with E-state index in [0.29, 0.717) is 26.2 Å². The minimum atomic E-state index is -3.83. The predicted molar refractivity (Wildman–Crippen MR) is 111 cm³/mol. The highest BCUT2D eigenvalue weighted by Gasteiger charge is 2.62. The van der Waals surface area contributed by atoms with Crippen LogP contribution in [0.15, 0.2) is 0 Å². The van der Waals surface area contributed by atoms with Crippen LogP contribution in [0.1, 0.15) is 20.3 Å². The number of rotatable bonds is 8. The van der Waals surface area contributed by atoms with Crippen molar-refractivity contribution in [3.8, 4) is 0 Å². The van der Waals surface area contributed by atoms with E-state index in [-0.39, 0.29) is 31.0 Å². The third-order valence-electron chi connectivity index (χ3n) is 6.14. The Morgan fingerprint density at radius 2 is 1.30 bits per heavy atom. The summed E-state index contributed by atoms with van der Waals surface area (Å²) in [6, 6.07) is 0. The Labute approximate surface area is 194 Å². The van der Waals surface area contributed by atoms with E-state index in [9.17, 15) is 18.9 Å². The number of hydrogen-bond acceptors (Lipinski definition) is 12. The molecule has 4 unspecified atom stereocenters. The van der Waals surface area contributed by atoms with Gasteiger partial charge in [-0.25, -0.2) is 0 Å². The SMILES string of the molecule is COC[C@@]12CCOC([C@H](C)O1)[C@@H]2OP(C)(=O)[O-].COC[C@@]12COC([C@H](C)O1)[C@H]2OP(C)(=O)[O-]. The molecule has 4 fully saturated rings. The van der Waals surface area contributed by atoms with Crippen LogP contribution in [0.4, 0.5) is 0 Å². The molecule has 4 saturated heterocycles. The lowest BCUT2D eigenvalue weighted by molar-refractivity contribution is -0.217. The highest BCUT2D eigenvalue weighted by Crippen LogP contribution is 2.49. The molecule has 0 spiro atoms. The van der Waals surface area contributed by atoms with Crippen molar-refractivity contribution < 1.29 is 56.4 Å². The number of hydrogen-bond donors (Lipinski definition) is 0. The Morgan fingerprint density at radius 1 is 0.848 bits per heavy atom. The first kappa shape index (κ1) is 27.6. The standard InChI is InChI=1S/C10H19O6P.C9H17O6P/c1-7-8-9(16-17(3,11)12)10(15-7,6-13-2)4-5-14-8;1-6-7-8(15-16(3,10)11)9(14-6,4-12-2)5-13-7/h7-9H,4-6H2,1-3H3,(H,11,12);6-8H,4-5H2,1-3H3,(H,10,11)/p-2/t7-,8?,9-,10+;6-,7?,8+,9-/m00/s1. The number of ether oxygens (including phenoxy) is 6. The highest BCUT2D eigenvalue weighted by atomic mass is 31.2. The first-order valence-electron chi connectivity index (χ1n) is 10.8. The summed E-state index contributed by atoms with van der Waals surface area (Å²) < 4.78 is 65.6. The van der Waals surface area contributed by atoms with E-state index in [0.717, 1.165) is 13.3 Å². The van der Waals surface area contributed by atoms with Gasteiger partial charge in [-0.2, -0.15) is 0 Å². The summed E-state index contributed by atoms with van der Waals surface area (Å²) in [5.74, 6) is 0. The van der Waals surface area contributed by atoms with Gasteiger partial charge >= 0.3 is 0 Å². The Bertz CT molecular complexity index is 766. The van der Waals surface area contributed by atoms with Crippen molar-refractivity contribution in [1.82, 2.24) is 0 Å². The summed E-state index contributed by atoms with van der Waals surface area (Å²) in [5.41, 5.74) is -1.48. The third-order valence-corrected chi connectivity index (χ3v) is 7.36. The molecule has 4 aliphatic rings. The topological polar surface area (TPSA) is 154 Å². The Balaban J connectivity index is 0.000000186. The average molecular weight is 516 g/mol. The summed E-state index contributed by atoms with van der Waals surface area (Å²) in [7, 11) is -4.54. The number of methoxy groups -OCH3 is 2. The minimum absolute atomic E-state index is 0.180. The summed E-state index contributed by atoms with van der Waals surface area (Å²) in [6.07, 6.45) is -1.69. The third kappa shape index (κ3) is 6.07. The van der Waals surface area contributed by atoms with Gasteiger partial charge in [0.15, 0.2) is 0 Å². The smallest absolute Gasteiger partial charge is 0.144 e. The molecule has 0 aromatic heterocycles.